The van der Waals surface area contributed by atoms with Crippen LogP contribution in [0.4, 0.5) is 5.69 Å². The van der Waals surface area contributed by atoms with E-state index in [1.165, 1.54) is 25.7 Å². The molecule has 4 nitrogen and oxygen atoms in total. The Bertz CT molecular complexity index is 712. The quantitative estimate of drug-likeness (QED) is 0.846. The van der Waals surface area contributed by atoms with Crippen molar-refractivity contribution in [1.29, 1.82) is 0 Å². The zero-order valence-corrected chi connectivity index (χ0v) is 12.7. The molecule has 1 heterocycles. The van der Waals surface area contributed by atoms with Crippen LogP contribution in [0.5, 0.6) is 0 Å². The third-order valence-corrected chi connectivity index (χ3v) is 4.54. The van der Waals surface area contributed by atoms with Crippen molar-refractivity contribution in [3.63, 3.8) is 0 Å². The Labute approximate surface area is 129 Å². The maximum atomic E-state index is 12.3. The van der Waals surface area contributed by atoms with E-state index < -0.39 is 0 Å². The number of pyridine rings is 1. The second-order valence-electron chi connectivity index (χ2n) is 6.18. The summed E-state index contributed by atoms with van der Waals surface area (Å²) in [7, 11) is 0. The zero-order valence-electron chi connectivity index (χ0n) is 12.7. The van der Waals surface area contributed by atoms with Gasteiger partial charge in [-0.15, -0.1) is 0 Å². The number of amides is 1. The molecule has 0 bridgehead atoms. The standard InChI is InChI=1S/C18H22N2O2/c21-17(12-13-6-3-1-2-4-7-13)20-16-9-5-8-15-14(16)10-11-19-18(15)22/h5,8-11,13H,1-4,6-7,12H2,(H,19,22)(H,20,21). The highest BCUT2D eigenvalue weighted by Gasteiger charge is 2.16. The fraction of sp³-hybridized carbons (Fsp3) is 0.444. The molecule has 0 saturated heterocycles. The molecule has 1 aromatic carbocycles. The van der Waals surface area contributed by atoms with Crippen molar-refractivity contribution in [3.05, 3.63) is 40.8 Å². The van der Waals surface area contributed by atoms with Gasteiger partial charge in [-0.05, 0) is 37.0 Å². The number of aromatic nitrogens is 1. The summed E-state index contributed by atoms with van der Waals surface area (Å²) in [5, 5.41) is 4.39. The van der Waals surface area contributed by atoms with E-state index in [2.05, 4.69) is 10.3 Å². The van der Waals surface area contributed by atoms with Gasteiger partial charge in [-0.3, -0.25) is 9.59 Å². The van der Waals surface area contributed by atoms with Gasteiger partial charge >= 0.3 is 0 Å². The molecule has 1 aliphatic carbocycles. The summed E-state index contributed by atoms with van der Waals surface area (Å²) in [6, 6.07) is 7.26. The third-order valence-electron chi connectivity index (χ3n) is 4.54. The van der Waals surface area contributed by atoms with Crippen molar-refractivity contribution in [2.45, 2.75) is 44.9 Å². The maximum Gasteiger partial charge on any atom is 0.255 e. The zero-order chi connectivity index (χ0) is 15.4. The summed E-state index contributed by atoms with van der Waals surface area (Å²) in [5.41, 5.74) is 0.597. The molecule has 0 aliphatic heterocycles. The van der Waals surface area contributed by atoms with Gasteiger partial charge in [0, 0.05) is 29.1 Å². The van der Waals surface area contributed by atoms with Crippen molar-refractivity contribution in [1.82, 2.24) is 4.98 Å². The lowest BCUT2D eigenvalue weighted by Gasteiger charge is -2.14. The van der Waals surface area contributed by atoms with E-state index in [-0.39, 0.29) is 11.5 Å². The molecule has 2 N–H and O–H groups in total. The number of nitrogens with one attached hydrogen (secondary N) is 2. The van der Waals surface area contributed by atoms with Gasteiger partial charge in [0.15, 0.2) is 0 Å². The fourth-order valence-corrected chi connectivity index (χ4v) is 3.36. The van der Waals surface area contributed by atoms with Gasteiger partial charge in [0.1, 0.15) is 0 Å². The van der Waals surface area contributed by atoms with E-state index in [1.807, 2.05) is 12.1 Å². The Balaban J connectivity index is 1.74. The largest absolute Gasteiger partial charge is 0.329 e. The summed E-state index contributed by atoms with van der Waals surface area (Å²) in [5.74, 6) is 0.556. The average molecular weight is 298 g/mol. The normalized spacial score (nSPS) is 16.4. The molecular formula is C18H22N2O2. The minimum atomic E-state index is -0.127. The van der Waals surface area contributed by atoms with Gasteiger partial charge in [-0.1, -0.05) is 31.7 Å². The van der Waals surface area contributed by atoms with E-state index in [0.717, 1.165) is 23.9 Å². The molecule has 2 aromatic rings. The van der Waals surface area contributed by atoms with Gasteiger partial charge in [0.2, 0.25) is 5.91 Å². The minimum Gasteiger partial charge on any atom is -0.329 e. The van der Waals surface area contributed by atoms with Crippen LogP contribution in [0.3, 0.4) is 0 Å². The Morgan fingerprint density at radius 2 is 1.86 bits per heavy atom. The van der Waals surface area contributed by atoms with E-state index >= 15 is 0 Å². The topological polar surface area (TPSA) is 62.0 Å². The number of fused-ring (bicyclic) bond motifs is 1. The highest BCUT2D eigenvalue weighted by atomic mass is 16.1. The molecule has 1 aromatic heterocycles. The van der Waals surface area contributed by atoms with E-state index in [0.29, 0.717) is 17.7 Å². The highest BCUT2D eigenvalue weighted by Crippen LogP contribution is 2.26. The molecule has 0 radical (unpaired) electrons. The van der Waals surface area contributed by atoms with Gasteiger partial charge in [-0.2, -0.15) is 0 Å². The molecule has 1 aliphatic rings. The van der Waals surface area contributed by atoms with Gasteiger partial charge in [-0.25, -0.2) is 0 Å². The first-order valence-electron chi connectivity index (χ1n) is 8.14. The van der Waals surface area contributed by atoms with Crippen molar-refractivity contribution in [2.75, 3.05) is 5.32 Å². The van der Waals surface area contributed by atoms with Crippen LogP contribution in [0.2, 0.25) is 0 Å². The molecule has 1 amide bonds. The first-order chi connectivity index (χ1) is 10.7. The van der Waals surface area contributed by atoms with Crippen LogP contribution >= 0.6 is 0 Å². The lowest BCUT2D eigenvalue weighted by molar-refractivity contribution is -0.117. The molecule has 0 spiro atoms. The SMILES string of the molecule is O=C(CC1CCCCCC1)Nc1cccc2c(=O)[nH]ccc12. The predicted octanol–water partition coefficient (Wildman–Crippen LogP) is 3.83. The molecule has 1 fully saturated rings. The number of H-pyrrole nitrogens is 1. The third kappa shape index (κ3) is 3.38. The molecule has 3 rings (SSSR count). The van der Waals surface area contributed by atoms with Crippen LogP contribution in [0.15, 0.2) is 35.3 Å². The van der Waals surface area contributed by atoms with Crippen LogP contribution in [0.25, 0.3) is 10.8 Å². The number of carbonyl (C=O) groups excluding carboxylic acids is 1. The summed E-state index contributed by atoms with van der Waals surface area (Å²) in [6.07, 6.45) is 9.58. The van der Waals surface area contributed by atoms with Crippen molar-refractivity contribution in [2.24, 2.45) is 5.92 Å². The van der Waals surface area contributed by atoms with E-state index in [9.17, 15) is 9.59 Å². The number of anilines is 1. The monoisotopic (exact) mass is 298 g/mol. The van der Waals surface area contributed by atoms with E-state index in [1.54, 1.807) is 18.3 Å². The first kappa shape index (κ1) is 14.8. The van der Waals surface area contributed by atoms with Crippen LogP contribution in [0.1, 0.15) is 44.9 Å². The fourth-order valence-electron chi connectivity index (χ4n) is 3.36. The molecule has 4 heteroatoms. The number of carbonyl (C=O) groups is 1. The molecule has 116 valence electrons. The van der Waals surface area contributed by atoms with Gasteiger partial charge in [0.05, 0.1) is 0 Å². The summed E-state index contributed by atoms with van der Waals surface area (Å²) < 4.78 is 0. The number of aromatic amines is 1. The lowest BCUT2D eigenvalue weighted by atomic mass is 9.96. The first-order valence-corrected chi connectivity index (χ1v) is 8.14. The summed E-state index contributed by atoms with van der Waals surface area (Å²) in [4.78, 5) is 26.8. The second kappa shape index (κ2) is 6.77. The van der Waals surface area contributed by atoms with Crippen molar-refractivity contribution in [3.8, 4) is 0 Å². The van der Waals surface area contributed by atoms with Gasteiger partial charge < -0.3 is 10.3 Å². The minimum absolute atomic E-state index is 0.0553. The highest BCUT2D eigenvalue weighted by molar-refractivity contribution is 6.01. The van der Waals surface area contributed by atoms with Crippen molar-refractivity contribution < 1.29 is 4.79 Å². The number of hydrogen-bond acceptors (Lipinski definition) is 2. The molecular weight excluding hydrogens is 276 g/mol. The Morgan fingerprint density at radius 1 is 1.09 bits per heavy atom. The maximum absolute atomic E-state index is 12.3. The van der Waals surface area contributed by atoms with Gasteiger partial charge in [0.25, 0.3) is 5.56 Å². The Kier molecular flexibility index (Phi) is 4.56. The molecule has 0 unspecified atom stereocenters. The smallest absolute Gasteiger partial charge is 0.255 e. The Hall–Kier alpha value is -2.10. The summed E-state index contributed by atoms with van der Waals surface area (Å²) in [6.45, 7) is 0. The Morgan fingerprint density at radius 3 is 2.64 bits per heavy atom. The molecule has 1 saturated carbocycles. The predicted molar refractivity (Wildman–Crippen MR) is 89.0 cm³/mol. The van der Waals surface area contributed by atoms with Crippen LogP contribution in [0, 0.1) is 5.92 Å². The van der Waals surface area contributed by atoms with Crippen LogP contribution in [-0.4, -0.2) is 10.9 Å². The second-order valence-corrected chi connectivity index (χ2v) is 6.18. The van der Waals surface area contributed by atoms with Crippen molar-refractivity contribution >= 4 is 22.4 Å². The molecule has 22 heavy (non-hydrogen) atoms. The summed E-state index contributed by atoms with van der Waals surface area (Å²) >= 11 is 0. The van der Waals surface area contributed by atoms with Crippen LogP contribution < -0.4 is 10.9 Å². The van der Waals surface area contributed by atoms with Crippen LogP contribution in [-0.2, 0) is 4.79 Å². The number of rotatable bonds is 3. The number of hydrogen-bond donors (Lipinski definition) is 2. The lowest BCUT2D eigenvalue weighted by Crippen LogP contribution is -2.17. The number of benzene rings is 1. The van der Waals surface area contributed by atoms with E-state index in [4.69, 9.17) is 0 Å². The average Bonchev–Trinajstić information content (AvgIpc) is 2.77. The molecule has 0 atom stereocenters.